The summed E-state index contributed by atoms with van der Waals surface area (Å²) in [5.74, 6) is -0.0945. The molecule has 0 spiro atoms. The van der Waals surface area contributed by atoms with E-state index in [-0.39, 0.29) is 41.3 Å². The minimum atomic E-state index is -2.86. The number of alkyl halides is 2. The van der Waals surface area contributed by atoms with Crippen LogP contribution in [0.4, 0.5) is 8.78 Å². The maximum absolute atomic E-state index is 12.6. The summed E-state index contributed by atoms with van der Waals surface area (Å²) in [6.07, 6.45) is 2.58. The SMILES string of the molecule is COCC1(CNC(=O)C2CC2c2ccccc2OC(F)F)CCNCC1.Cl. The van der Waals surface area contributed by atoms with Crippen molar-refractivity contribution < 1.29 is 23.0 Å². The number of ether oxygens (including phenoxy) is 2. The third-order valence-electron chi connectivity index (χ3n) is 5.41. The molecule has 27 heavy (non-hydrogen) atoms. The van der Waals surface area contributed by atoms with Crippen molar-refractivity contribution in [3.63, 3.8) is 0 Å². The molecular formula is C19H27ClF2N2O3. The van der Waals surface area contributed by atoms with Gasteiger partial charge < -0.3 is 20.1 Å². The van der Waals surface area contributed by atoms with Gasteiger partial charge in [-0.2, -0.15) is 8.78 Å². The van der Waals surface area contributed by atoms with Gasteiger partial charge in [0.2, 0.25) is 5.91 Å². The third kappa shape index (κ3) is 5.53. The van der Waals surface area contributed by atoms with Gasteiger partial charge in [-0.05, 0) is 49.9 Å². The standard InChI is InChI=1S/C19H26F2N2O3.ClH/c1-25-12-19(6-8-22-9-7-19)11-23-17(24)15-10-14(15)13-4-2-3-5-16(13)26-18(20)21;/h2-5,14-15,18,22H,6-12H2,1H3,(H,23,24);1H. The van der Waals surface area contributed by atoms with E-state index in [9.17, 15) is 13.6 Å². The van der Waals surface area contributed by atoms with E-state index in [2.05, 4.69) is 15.4 Å². The number of para-hydroxylation sites is 1. The first-order chi connectivity index (χ1) is 12.5. The first-order valence-electron chi connectivity index (χ1n) is 9.06. The quantitative estimate of drug-likeness (QED) is 0.699. The second kappa shape index (κ2) is 9.66. The number of benzene rings is 1. The highest BCUT2D eigenvalue weighted by molar-refractivity contribution is 5.85. The molecule has 0 bridgehead atoms. The monoisotopic (exact) mass is 404 g/mol. The fourth-order valence-electron chi connectivity index (χ4n) is 3.86. The van der Waals surface area contributed by atoms with Gasteiger partial charge >= 0.3 is 6.61 Å². The van der Waals surface area contributed by atoms with Crippen LogP contribution in [0.2, 0.25) is 0 Å². The maximum atomic E-state index is 12.6. The molecule has 0 radical (unpaired) electrons. The summed E-state index contributed by atoms with van der Waals surface area (Å²) < 4.78 is 35.1. The van der Waals surface area contributed by atoms with Gasteiger partial charge in [-0.15, -0.1) is 12.4 Å². The normalized spacial score (nSPS) is 23.4. The zero-order valence-electron chi connectivity index (χ0n) is 15.4. The van der Waals surface area contributed by atoms with Gasteiger partial charge in [0.1, 0.15) is 5.75 Å². The van der Waals surface area contributed by atoms with Crippen molar-refractivity contribution in [3.05, 3.63) is 29.8 Å². The van der Waals surface area contributed by atoms with E-state index in [1.165, 1.54) is 6.07 Å². The van der Waals surface area contributed by atoms with Crippen LogP contribution in [-0.2, 0) is 9.53 Å². The van der Waals surface area contributed by atoms with E-state index in [4.69, 9.17) is 4.74 Å². The summed E-state index contributed by atoms with van der Waals surface area (Å²) in [4.78, 5) is 12.6. The number of rotatable bonds is 8. The van der Waals surface area contributed by atoms with E-state index in [0.29, 0.717) is 25.1 Å². The zero-order chi connectivity index (χ0) is 18.6. The highest BCUT2D eigenvalue weighted by Crippen LogP contribution is 2.50. The summed E-state index contributed by atoms with van der Waals surface area (Å²) in [7, 11) is 1.68. The Hall–Kier alpha value is -1.44. The van der Waals surface area contributed by atoms with E-state index in [1.807, 2.05) is 0 Å². The number of hydrogen-bond acceptors (Lipinski definition) is 4. The Labute approximate surface area is 164 Å². The maximum Gasteiger partial charge on any atom is 0.387 e. The molecule has 1 saturated heterocycles. The van der Waals surface area contributed by atoms with Crippen LogP contribution >= 0.6 is 12.4 Å². The second-order valence-corrected chi connectivity index (χ2v) is 7.27. The lowest BCUT2D eigenvalue weighted by Gasteiger charge is -2.37. The zero-order valence-corrected chi connectivity index (χ0v) is 16.2. The predicted octanol–water partition coefficient (Wildman–Crippen LogP) is 2.95. The van der Waals surface area contributed by atoms with E-state index < -0.39 is 6.61 Å². The molecule has 2 unspecified atom stereocenters. The second-order valence-electron chi connectivity index (χ2n) is 7.27. The Morgan fingerprint density at radius 2 is 2.04 bits per heavy atom. The van der Waals surface area contributed by atoms with Gasteiger partial charge in [-0.25, -0.2) is 0 Å². The van der Waals surface area contributed by atoms with E-state index in [0.717, 1.165) is 25.9 Å². The Morgan fingerprint density at radius 1 is 1.33 bits per heavy atom. The molecule has 1 aromatic carbocycles. The summed E-state index contributed by atoms with van der Waals surface area (Å²) in [5.41, 5.74) is 0.651. The number of methoxy groups -OCH3 is 1. The molecule has 2 aliphatic rings. The van der Waals surface area contributed by atoms with Crippen molar-refractivity contribution in [3.8, 4) is 5.75 Å². The van der Waals surface area contributed by atoms with Gasteiger partial charge in [0, 0.05) is 25.0 Å². The largest absolute Gasteiger partial charge is 0.435 e. The summed E-state index contributed by atoms with van der Waals surface area (Å²) >= 11 is 0. The van der Waals surface area contributed by atoms with Crippen LogP contribution in [0, 0.1) is 11.3 Å². The first kappa shape index (κ1) is 21.9. The molecule has 1 aliphatic carbocycles. The summed E-state index contributed by atoms with van der Waals surface area (Å²) in [6.45, 7) is 0.178. The van der Waals surface area contributed by atoms with Crippen LogP contribution in [0.15, 0.2) is 24.3 Å². The Bertz CT molecular complexity index is 621. The Kier molecular flexibility index (Phi) is 7.82. The van der Waals surface area contributed by atoms with Crippen molar-refractivity contribution in [2.45, 2.75) is 31.8 Å². The molecule has 1 aromatic rings. The van der Waals surface area contributed by atoms with Gasteiger partial charge in [0.05, 0.1) is 6.61 Å². The van der Waals surface area contributed by atoms with Crippen molar-refractivity contribution in [2.75, 3.05) is 33.4 Å². The number of nitrogens with one attached hydrogen (secondary N) is 2. The van der Waals surface area contributed by atoms with Crippen LogP contribution in [-0.4, -0.2) is 45.9 Å². The molecule has 152 valence electrons. The molecular weight excluding hydrogens is 378 g/mol. The van der Waals surface area contributed by atoms with E-state index >= 15 is 0 Å². The fourth-order valence-corrected chi connectivity index (χ4v) is 3.86. The Morgan fingerprint density at radius 3 is 2.70 bits per heavy atom. The average molecular weight is 405 g/mol. The number of hydrogen-bond donors (Lipinski definition) is 2. The van der Waals surface area contributed by atoms with Crippen LogP contribution in [0.5, 0.6) is 5.75 Å². The lowest BCUT2D eigenvalue weighted by molar-refractivity contribution is -0.123. The van der Waals surface area contributed by atoms with Gasteiger partial charge in [0.15, 0.2) is 0 Å². The van der Waals surface area contributed by atoms with Crippen LogP contribution in [0.25, 0.3) is 0 Å². The molecule has 1 aliphatic heterocycles. The molecule has 5 nitrogen and oxygen atoms in total. The van der Waals surface area contributed by atoms with E-state index in [1.54, 1.807) is 25.3 Å². The molecule has 2 atom stereocenters. The lowest BCUT2D eigenvalue weighted by Crippen LogP contribution is -2.47. The van der Waals surface area contributed by atoms with Crippen LogP contribution < -0.4 is 15.4 Å². The fraction of sp³-hybridized carbons (Fsp3) is 0.632. The Balaban J connectivity index is 0.00000261. The van der Waals surface area contributed by atoms with Crippen molar-refractivity contribution in [1.82, 2.24) is 10.6 Å². The highest BCUT2D eigenvalue weighted by atomic mass is 35.5. The molecule has 3 rings (SSSR count). The molecule has 1 saturated carbocycles. The summed E-state index contributed by atoms with van der Waals surface area (Å²) in [6, 6.07) is 6.72. The molecule has 2 fully saturated rings. The topological polar surface area (TPSA) is 59.6 Å². The third-order valence-corrected chi connectivity index (χ3v) is 5.41. The molecule has 1 amide bonds. The number of halogens is 3. The van der Waals surface area contributed by atoms with Crippen molar-refractivity contribution in [2.24, 2.45) is 11.3 Å². The minimum Gasteiger partial charge on any atom is -0.435 e. The van der Waals surface area contributed by atoms with Gasteiger partial charge in [0.25, 0.3) is 0 Å². The number of carbonyl (C=O) groups excluding carboxylic acids is 1. The lowest BCUT2D eigenvalue weighted by atomic mass is 9.79. The predicted molar refractivity (Wildman–Crippen MR) is 101 cm³/mol. The van der Waals surface area contributed by atoms with Crippen molar-refractivity contribution >= 4 is 18.3 Å². The van der Waals surface area contributed by atoms with Gasteiger partial charge in [-0.3, -0.25) is 4.79 Å². The highest BCUT2D eigenvalue weighted by Gasteiger charge is 2.46. The van der Waals surface area contributed by atoms with Crippen molar-refractivity contribution in [1.29, 1.82) is 0 Å². The molecule has 8 heteroatoms. The number of carbonyl (C=O) groups is 1. The first-order valence-corrected chi connectivity index (χ1v) is 9.06. The minimum absolute atomic E-state index is 0. The van der Waals surface area contributed by atoms with Gasteiger partial charge in [-0.1, -0.05) is 18.2 Å². The molecule has 2 N–H and O–H groups in total. The smallest absolute Gasteiger partial charge is 0.387 e. The molecule has 0 aromatic heterocycles. The number of amides is 1. The molecule has 1 heterocycles. The average Bonchev–Trinajstić information content (AvgIpc) is 3.41. The number of piperidine rings is 1. The summed E-state index contributed by atoms with van der Waals surface area (Å²) in [5, 5.41) is 6.39. The van der Waals surface area contributed by atoms with Crippen LogP contribution in [0.3, 0.4) is 0 Å². The van der Waals surface area contributed by atoms with Crippen LogP contribution in [0.1, 0.15) is 30.7 Å².